The van der Waals surface area contributed by atoms with Crippen molar-refractivity contribution in [2.24, 2.45) is 0 Å². The molecule has 0 bridgehead atoms. The molecule has 0 aliphatic heterocycles. The van der Waals surface area contributed by atoms with Gasteiger partial charge in [0.15, 0.2) is 12.2 Å². The van der Waals surface area contributed by atoms with E-state index in [4.69, 9.17) is 37.0 Å². The van der Waals surface area contributed by atoms with E-state index >= 15 is 0 Å². The Kier molecular flexibility index (Phi) is 76.3. The Bertz CT molecular complexity index is 2610. The predicted molar refractivity (Wildman–Crippen MR) is 445 cm³/mol. The van der Waals surface area contributed by atoms with Crippen LogP contribution in [0, 0.1) is 0 Å². The van der Waals surface area contributed by atoms with Crippen LogP contribution in [0.4, 0.5) is 0 Å². The molecule has 0 heterocycles. The van der Waals surface area contributed by atoms with E-state index in [0.717, 1.165) is 218 Å². The number of rotatable bonds is 78. The third kappa shape index (κ3) is 79.0. The van der Waals surface area contributed by atoms with Gasteiger partial charge >= 0.3 is 39.5 Å². The van der Waals surface area contributed by atoms with E-state index in [1.165, 1.54) is 38.5 Å². The Hall–Kier alpha value is -5.06. The summed E-state index contributed by atoms with van der Waals surface area (Å²) in [5.41, 5.74) is 0. The number of phosphoric acid groups is 2. The van der Waals surface area contributed by atoms with Gasteiger partial charge in [0.25, 0.3) is 0 Å². The van der Waals surface area contributed by atoms with Crippen molar-refractivity contribution in [1.82, 2.24) is 0 Å². The molecule has 3 N–H and O–H groups in total. The number of allylic oxidation sites excluding steroid dienone is 24. The van der Waals surface area contributed by atoms with Gasteiger partial charge in [-0.3, -0.25) is 37.3 Å². The molecule has 0 spiro atoms. The van der Waals surface area contributed by atoms with Gasteiger partial charge in [-0.1, -0.05) is 296 Å². The minimum absolute atomic E-state index is 0.0741. The van der Waals surface area contributed by atoms with Gasteiger partial charge in [0, 0.05) is 25.7 Å². The summed E-state index contributed by atoms with van der Waals surface area (Å²) in [6.07, 6.45) is 92.3. The first-order valence-corrected chi connectivity index (χ1v) is 45.1. The molecule has 108 heavy (non-hydrogen) atoms. The Labute approximate surface area is 656 Å². The number of carbonyl (C=O) groups is 4. The van der Waals surface area contributed by atoms with Crippen LogP contribution in [0.3, 0.4) is 0 Å². The van der Waals surface area contributed by atoms with E-state index in [2.05, 4.69) is 174 Å². The second kappa shape index (κ2) is 80.0. The Morgan fingerprint density at radius 3 is 0.750 bits per heavy atom. The van der Waals surface area contributed by atoms with Crippen molar-refractivity contribution in [3.63, 3.8) is 0 Å². The summed E-state index contributed by atoms with van der Waals surface area (Å²) in [5.74, 6) is -2.23. The van der Waals surface area contributed by atoms with Gasteiger partial charge in [-0.2, -0.15) is 0 Å². The summed E-state index contributed by atoms with van der Waals surface area (Å²) in [4.78, 5) is 73.2. The number of aliphatic hydroxyl groups excluding tert-OH is 1. The first-order valence-electron chi connectivity index (χ1n) is 42.1. The zero-order valence-electron chi connectivity index (χ0n) is 67.7. The summed E-state index contributed by atoms with van der Waals surface area (Å²) in [6.45, 7) is 4.50. The number of hydrogen-bond acceptors (Lipinski definition) is 15. The third-order valence-corrected chi connectivity index (χ3v) is 19.2. The van der Waals surface area contributed by atoms with Gasteiger partial charge < -0.3 is 33.8 Å². The van der Waals surface area contributed by atoms with Crippen molar-refractivity contribution in [3.8, 4) is 0 Å². The molecule has 19 heteroatoms. The van der Waals surface area contributed by atoms with Crippen LogP contribution in [0.2, 0.25) is 0 Å². The molecule has 0 aliphatic rings. The van der Waals surface area contributed by atoms with Crippen LogP contribution in [0.25, 0.3) is 0 Å². The fraction of sp³-hybridized carbons (Fsp3) is 0.685. The highest BCUT2D eigenvalue weighted by Crippen LogP contribution is 2.45. The van der Waals surface area contributed by atoms with Crippen molar-refractivity contribution in [2.75, 3.05) is 39.6 Å². The smallest absolute Gasteiger partial charge is 0.462 e. The maximum absolute atomic E-state index is 13.1. The van der Waals surface area contributed by atoms with Crippen molar-refractivity contribution >= 4 is 39.5 Å². The lowest BCUT2D eigenvalue weighted by atomic mass is 10.1. The van der Waals surface area contributed by atoms with Crippen molar-refractivity contribution < 1.29 is 80.2 Å². The SMILES string of the molecule is CC/C=C\C/C=C\C/C=C\C/C=C\CCCCCCCCC(=O)OCC(COP(=O)(O)OCC(O)COP(=O)(O)OCC(COC(=O)CCCCCC/C=C\C/C=C\C/C=C\C/C=C\CC)OC(=O)CCCCCCCCC/C=C\C/C=C\C/C=C\CC)OC(=O)CCCCCCC/C=C\CCCCCCCC. The highest BCUT2D eigenvalue weighted by molar-refractivity contribution is 7.47. The lowest BCUT2D eigenvalue weighted by Crippen LogP contribution is -2.30. The second-order valence-electron chi connectivity index (χ2n) is 27.6. The van der Waals surface area contributed by atoms with Crippen molar-refractivity contribution in [2.45, 2.75) is 354 Å². The predicted octanol–water partition coefficient (Wildman–Crippen LogP) is 25.0. The molecule has 0 radical (unpaired) electrons. The number of esters is 4. The van der Waals surface area contributed by atoms with Gasteiger partial charge in [0.2, 0.25) is 0 Å². The first kappa shape index (κ1) is 103. The fourth-order valence-electron chi connectivity index (χ4n) is 11.0. The molecule has 5 unspecified atom stereocenters. The molecular formula is C89H150O17P2. The van der Waals surface area contributed by atoms with Crippen molar-refractivity contribution in [1.29, 1.82) is 0 Å². The van der Waals surface area contributed by atoms with Crippen LogP contribution in [0.1, 0.15) is 336 Å². The molecule has 0 aromatic heterocycles. The van der Waals surface area contributed by atoms with Crippen LogP contribution in [0.15, 0.2) is 146 Å². The topological polar surface area (TPSA) is 237 Å². The van der Waals surface area contributed by atoms with Gasteiger partial charge in [-0.25, -0.2) is 9.13 Å². The lowest BCUT2D eigenvalue weighted by Gasteiger charge is -2.21. The fourth-order valence-corrected chi connectivity index (χ4v) is 12.6. The van der Waals surface area contributed by atoms with E-state index in [0.29, 0.717) is 25.7 Å². The summed E-state index contributed by atoms with van der Waals surface area (Å²) in [6, 6.07) is 0. The van der Waals surface area contributed by atoms with E-state index < -0.39 is 97.5 Å². The quantitative estimate of drug-likeness (QED) is 0.0169. The van der Waals surface area contributed by atoms with Crippen LogP contribution < -0.4 is 0 Å². The molecule has 0 amide bonds. The molecule has 0 saturated heterocycles. The van der Waals surface area contributed by atoms with Crippen LogP contribution >= 0.6 is 15.6 Å². The van der Waals surface area contributed by atoms with Gasteiger partial charge in [0.05, 0.1) is 26.4 Å². The van der Waals surface area contributed by atoms with Crippen LogP contribution in [0.5, 0.6) is 0 Å². The Balaban J connectivity index is 5.42. The molecule has 5 atom stereocenters. The van der Waals surface area contributed by atoms with E-state index in [1.807, 2.05) is 0 Å². The summed E-state index contributed by atoms with van der Waals surface area (Å²) >= 11 is 0. The normalized spacial score (nSPS) is 14.5. The number of unbranched alkanes of at least 4 members (excludes halogenated alkanes) is 28. The summed E-state index contributed by atoms with van der Waals surface area (Å²) in [5, 5.41) is 10.7. The lowest BCUT2D eigenvalue weighted by molar-refractivity contribution is -0.161. The molecule has 17 nitrogen and oxygen atoms in total. The highest BCUT2D eigenvalue weighted by Gasteiger charge is 2.30. The third-order valence-electron chi connectivity index (χ3n) is 17.3. The average molecular weight is 1550 g/mol. The van der Waals surface area contributed by atoms with Crippen LogP contribution in [-0.2, 0) is 65.4 Å². The number of carbonyl (C=O) groups excluding carboxylic acids is 4. The number of ether oxygens (including phenoxy) is 4. The van der Waals surface area contributed by atoms with E-state index in [1.54, 1.807) is 0 Å². The molecule has 0 fully saturated rings. The maximum Gasteiger partial charge on any atom is 0.472 e. The van der Waals surface area contributed by atoms with E-state index in [9.17, 15) is 43.2 Å². The molecule has 0 rings (SSSR count). The maximum atomic E-state index is 13.1. The summed E-state index contributed by atoms with van der Waals surface area (Å²) in [7, 11) is -9.99. The molecule has 0 aromatic carbocycles. The first-order chi connectivity index (χ1) is 52.7. The number of hydrogen-bond donors (Lipinski definition) is 3. The Morgan fingerprint density at radius 2 is 0.481 bits per heavy atom. The van der Waals surface area contributed by atoms with Gasteiger partial charge in [-0.05, 0) is 161 Å². The summed E-state index contributed by atoms with van der Waals surface area (Å²) < 4.78 is 68.8. The van der Waals surface area contributed by atoms with E-state index in [-0.39, 0.29) is 25.7 Å². The monoisotopic (exact) mass is 1550 g/mol. The standard InChI is InChI=1S/C89H150O17P2/c1-5-9-13-17-21-25-29-33-37-40-41-44-47-50-54-58-62-66-70-74-87(92)100-79-84(105-88(93)75-71-67-63-59-55-51-45-36-32-28-24-20-16-12-8-4)81-103-107(95,96)101-77-83(90)78-102-108(97,98)104-82-85(106-89(94)76-72-68-64-60-56-52-48-43-39-35-31-27-23-19-15-11-7-3)80-99-86(91)73-69-65-61-57-53-49-46-42-38-34-30-26-22-18-14-10-6-2/h9-11,13-15,21-23,25-27,33-39,41,44-46,49,83-85,90H,5-8,12,16-20,24,28-32,40,42-43,47-48,50-82H2,1-4H3,(H,95,96)(H,97,98)/b13-9-,14-10-,15-11-,25-21-,26-22-,27-23-,37-33-,38-34-,39-35-,44-41-,45-36-,49-46-. The van der Waals surface area contributed by atoms with Crippen molar-refractivity contribution in [3.05, 3.63) is 146 Å². The number of phosphoric ester groups is 2. The highest BCUT2D eigenvalue weighted by atomic mass is 31.2. The van der Waals surface area contributed by atoms with Crippen LogP contribution in [-0.4, -0.2) is 96.7 Å². The molecule has 0 aromatic rings. The molecule has 0 aliphatic carbocycles. The average Bonchev–Trinajstić information content (AvgIpc) is 0.901. The Morgan fingerprint density at radius 1 is 0.269 bits per heavy atom. The minimum atomic E-state index is -4.99. The molecule has 618 valence electrons. The zero-order chi connectivity index (χ0) is 78.9. The second-order valence-corrected chi connectivity index (χ2v) is 30.5. The number of aliphatic hydroxyl groups is 1. The zero-order valence-corrected chi connectivity index (χ0v) is 69.5. The molecular weight excluding hydrogens is 1400 g/mol. The largest absolute Gasteiger partial charge is 0.472 e. The van der Waals surface area contributed by atoms with Gasteiger partial charge in [0.1, 0.15) is 19.3 Å². The molecule has 0 saturated carbocycles. The van der Waals surface area contributed by atoms with Gasteiger partial charge in [-0.15, -0.1) is 0 Å². The minimum Gasteiger partial charge on any atom is -0.462 e.